The second kappa shape index (κ2) is 7.37. The van der Waals surface area contributed by atoms with Gasteiger partial charge in [-0.15, -0.1) is 0 Å². The molecule has 0 saturated carbocycles. The largest absolute Gasteiger partial charge is 0.508 e. The number of hydrogen-bond acceptors (Lipinski definition) is 4. The van der Waals surface area contributed by atoms with Crippen molar-refractivity contribution in [3.05, 3.63) is 82.8 Å². The van der Waals surface area contributed by atoms with E-state index in [-0.39, 0.29) is 24.3 Å². The van der Waals surface area contributed by atoms with Gasteiger partial charge in [0, 0.05) is 17.1 Å². The van der Waals surface area contributed by atoms with Gasteiger partial charge in [-0.3, -0.25) is 4.79 Å². The Morgan fingerprint density at radius 3 is 2.81 bits per heavy atom. The van der Waals surface area contributed by atoms with Crippen LogP contribution in [0.2, 0.25) is 5.02 Å². The lowest BCUT2D eigenvalue weighted by atomic mass is 10.00. The van der Waals surface area contributed by atoms with Crippen LogP contribution in [0.4, 0.5) is 0 Å². The molecule has 4 rings (SSSR count). The summed E-state index contributed by atoms with van der Waals surface area (Å²) in [6.45, 7) is 0.819. The van der Waals surface area contributed by atoms with Gasteiger partial charge in [-0.1, -0.05) is 17.7 Å². The topological polar surface area (TPSA) is 62.9 Å². The molecule has 0 aliphatic carbocycles. The van der Waals surface area contributed by atoms with Gasteiger partial charge in [0.2, 0.25) is 0 Å². The van der Waals surface area contributed by atoms with Crippen LogP contribution in [-0.4, -0.2) is 29.1 Å². The minimum Gasteiger partial charge on any atom is -0.508 e. The van der Waals surface area contributed by atoms with Gasteiger partial charge in [-0.05, 0) is 60.5 Å². The van der Waals surface area contributed by atoms with Gasteiger partial charge < -0.3 is 19.2 Å². The Bertz CT molecular complexity index is 951. The van der Waals surface area contributed by atoms with Gasteiger partial charge in [0.25, 0.3) is 5.91 Å². The van der Waals surface area contributed by atoms with Crippen molar-refractivity contribution >= 4 is 17.5 Å². The zero-order valence-corrected chi connectivity index (χ0v) is 15.2. The first-order valence-electron chi connectivity index (χ1n) is 8.66. The Hall–Kier alpha value is -2.92. The van der Waals surface area contributed by atoms with E-state index in [0.29, 0.717) is 22.9 Å². The minimum atomic E-state index is -0.343. The molecule has 0 saturated heterocycles. The molecule has 6 heteroatoms. The van der Waals surface area contributed by atoms with Crippen LogP contribution in [0.25, 0.3) is 0 Å². The van der Waals surface area contributed by atoms with Gasteiger partial charge in [-0.25, -0.2) is 0 Å². The molecule has 27 heavy (non-hydrogen) atoms. The van der Waals surface area contributed by atoms with E-state index in [9.17, 15) is 9.90 Å². The second-order valence-corrected chi connectivity index (χ2v) is 6.83. The van der Waals surface area contributed by atoms with E-state index in [1.165, 1.54) is 0 Å². The summed E-state index contributed by atoms with van der Waals surface area (Å²) in [5, 5.41) is 9.93. The molecule has 2 aromatic carbocycles. The van der Waals surface area contributed by atoms with Crippen molar-refractivity contribution in [3.63, 3.8) is 0 Å². The van der Waals surface area contributed by atoms with Crippen molar-refractivity contribution in [2.24, 2.45) is 0 Å². The third-order valence-electron chi connectivity index (χ3n) is 4.66. The Morgan fingerprint density at radius 2 is 2.04 bits per heavy atom. The van der Waals surface area contributed by atoms with Crippen molar-refractivity contribution in [1.82, 2.24) is 4.90 Å². The molecule has 1 N–H and O–H groups in total. The highest BCUT2D eigenvalue weighted by Gasteiger charge is 2.34. The molecular formula is C21H18ClNO4. The van der Waals surface area contributed by atoms with Crippen LogP contribution in [0.5, 0.6) is 11.5 Å². The first kappa shape index (κ1) is 17.5. The molecule has 1 aliphatic heterocycles. The van der Waals surface area contributed by atoms with E-state index in [4.69, 9.17) is 20.8 Å². The molecular weight excluding hydrogens is 366 g/mol. The maximum Gasteiger partial charge on any atom is 0.254 e. The molecule has 0 radical (unpaired) electrons. The lowest BCUT2D eigenvalue weighted by Gasteiger charge is -2.34. The summed E-state index contributed by atoms with van der Waals surface area (Å²) in [5.74, 6) is 1.42. The highest BCUT2D eigenvalue weighted by atomic mass is 35.5. The molecule has 1 amide bonds. The Morgan fingerprint density at radius 1 is 1.22 bits per heavy atom. The van der Waals surface area contributed by atoms with Gasteiger partial charge in [-0.2, -0.15) is 0 Å². The van der Waals surface area contributed by atoms with Crippen LogP contribution in [0, 0.1) is 0 Å². The Balaban J connectivity index is 1.59. The quantitative estimate of drug-likeness (QED) is 0.722. The second-order valence-electron chi connectivity index (χ2n) is 6.39. The van der Waals surface area contributed by atoms with Crippen LogP contribution in [0.1, 0.15) is 27.7 Å². The summed E-state index contributed by atoms with van der Waals surface area (Å²) in [6, 6.07) is 15.0. The third-order valence-corrected chi connectivity index (χ3v) is 4.89. The number of benzene rings is 2. The molecule has 0 bridgehead atoms. The fraction of sp³-hybridized carbons (Fsp3) is 0.190. The summed E-state index contributed by atoms with van der Waals surface area (Å²) in [4.78, 5) is 14.8. The fourth-order valence-electron chi connectivity index (χ4n) is 3.30. The molecule has 1 unspecified atom stereocenters. The van der Waals surface area contributed by atoms with Crippen molar-refractivity contribution in [2.75, 3.05) is 13.2 Å². The number of phenols is 1. The number of halogens is 1. The fourth-order valence-corrected chi connectivity index (χ4v) is 3.49. The zero-order chi connectivity index (χ0) is 18.8. The number of hydrogen-bond donors (Lipinski definition) is 1. The average molecular weight is 384 g/mol. The summed E-state index contributed by atoms with van der Waals surface area (Å²) in [5.41, 5.74) is 1.62. The third kappa shape index (κ3) is 3.64. The molecule has 3 aromatic rings. The number of fused-ring (bicyclic) bond motifs is 1. The Kier molecular flexibility index (Phi) is 4.77. The predicted octanol–water partition coefficient (Wildman–Crippen LogP) is 4.46. The molecule has 1 aromatic heterocycles. The summed E-state index contributed by atoms with van der Waals surface area (Å²) in [7, 11) is 0. The number of ether oxygens (including phenoxy) is 1. The summed E-state index contributed by atoms with van der Waals surface area (Å²) in [6.07, 6.45) is 2.37. The maximum atomic E-state index is 13.1. The van der Waals surface area contributed by atoms with Gasteiger partial charge in [0.05, 0.1) is 6.26 Å². The maximum absolute atomic E-state index is 13.1. The van der Waals surface area contributed by atoms with Crippen molar-refractivity contribution in [1.29, 1.82) is 0 Å². The number of furan rings is 1. The van der Waals surface area contributed by atoms with E-state index < -0.39 is 0 Å². The van der Waals surface area contributed by atoms with Crippen LogP contribution >= 0.6 is 11.6 Å². The van der Waals surface area contributed by atoms with Crippen molar-refractivity contribution < 1.29 is 19.1 Å². The lowest BCUT2D eigenvalue weighted by Crippen LogP contribution is -2.42. The number of carbonyl (C=O) groups is 1. The number of phenolic OH excluding ortho intramolecular Hbond substituents is 1. The molecule has 1 atom stereocenters. The zero-order valence-electron chi connectivity index (χ0n) is 14.5. The summed E-state index contributed by atoms with van der Waals surface area (Å²) >= 11 is 6.05. The van der Waals surface area contributed by atoms with E-state index in [1.54, 1.807) is 59.7 Å². The highest BCUT2D eigenvalue weighted by molar-refractivity contribution is 6.30. The van der Waals surface area contributed by atoms with E-state index >= 15 is 0 Å². The molecule has 1 aliphatic rings. The standard InChI is InChI=1S/C21H18ClNO4/c22-16-3-1-2-15(12-16)21(25)23-10-8-14-9-11-26-20(14)19(23)13-27-18-6-4-17(24)5-7-18/h1-7,9,11-12,19,24H,8,10,13H2. The van der Waals surface area contributed by atoms with E-state index in [2.05, 4.69) is 0 Å². The van der Waals surface area contributed by atoms with Crippen LogP contribution in [0.15, 0.2) is 65.3 Å². The van der Waals surface area contributed by atoms with Crippen LogP contribution in [0.3, 0.4) is 0 Å². The number of nitrogens with zero attached hydrogens (tertiary/aromatic N) is 1. The lowest BCUT2D eigenvalue weighted by molar-refractivity contribution is 0.0549. The molecule has 0 spiro atoms. The number of amides is 1. The highest BCUT2D eigenvalue weighted by Crippen LogP contribution is 2.33. The molecule has 2 heterocycles. The molecule has 138 valence electrons. The number of aromatic hydroxyl groups is 1. The van der Waals surface area contributed by atoms with Gasteiger partial charge in [0.1, 0.15) is 29.9 Å². The van der Waals surface area contributed by atoms with Gasteiger partial charge in [0.15, 0.2) is 0 Å². The molecule has 0 fully saturated rings. The van der Waals surface area contributed by atoms with Crippen LogP contribution in [-0.2, 0) is 6.42 Å². The van der Waals surface area contributed by atoms with E-state index in [0.717, 1.165) is 17.7 Å². The normalized spacial score (nSPS) is 16.0. The first-order valence-corrected chi connectivity index (χ1v) is 9.04. The van der Waals surface area contributed by atoms with Crippen molar-refractivity contribution in [3.8, 4) is 11.5 Å². The Labute approximate surface area is 161 Å². The van der Waals surface area contributed by atoms with Gasteiger partial charge >= 0.3 is 0 Å². The number of carbonyl (C=O) groups excluding carboxylic acids is 1. The predicted molar refractivity (Wildman–Crippen MR) is 101 cm³/mol. The minimum absolute atomic E-state index is 0.112. The first-order chi connectivity index (χ1) is 13.1. The molecule has 5 nitrogen and oxygen atoms in total. The number of rotatable bonds is 4. The summed E-state index contributed by atoms with van der Waals surface area (Å²) < 4.78 is 11.6. The van der Waals surface area contributed by atoms with E-state index in [1.807, 2.05) is 6.07 Å². The van der Waals surface area contributed by atoms with Crippen LogP contribution < -0.4 is 4.74 Å². The smallest absolute Gasteiger partial charge is 0.254 e. The monoisotopic (exact) mass is 383 g/mol. The SMILES string of the molecule is O=C(c1cccc(Cl)c1)N1CCc2ccoc2C1COc1ccc(O)cc1. The van der Waals surface area contributed by atoms with Crippen molar-refractivity contribution in [2.45, 2.75) is 12.5 Å². The average Bonchev–Trinajstić information content (AvgIpc) is 3.16.